The van der Waals surface area contributed by atoms with Gasteiger partial charge in [0.15, 0.2) is 0 Å². The lowest BCUT2D eigenvalue weighted by Gasteiger charge is -2.23. The molecule has 1 N–H and O–H groups in total. The standard InChI is InChI=1S/C22H31N3O2/c1-4-7-9-16-20-19(12-5-2)23-24-25(20)21(13-6-3)22(26)17-27-18-14-10-8-11-15-18/h8,10-11,14-15,21-22,26H,4-7,12-13,17H2,1-3H3. The number of aromatic nitrogens is 3. The van der Waals surface area contributed by atoms with Crippen molar-refractivity contribution in [2.75, 3.05) is 6.61 Å². The molecule has 2 unspecified atom stereocenters. The number of rotatable bonds is 10. The molecule has 2 rings (SSSR count). The number of ether oxygens (including phenoxy) is 1. The second-order valence-electron chi connectivity index (χ2n) is 6.68. The lowest BCUT2D eigenvalue weighted by atomic mass is 10.1. The van der Waals surface area contributed by atoms with Crippen LogP contribution in [0.4, 0.5) is 0 Å². The number of unbranched alkanes of at least 4 members (excludes halogenated alkanes) is 1. The molecule has 27 heavy (non-hydrogen) atoms. The second-order valence-corrected chi connectivity index (χ2v) is 6.68. The Morgan fingerprint density at radius 3 is 2.56 bits per heavy atom. The van der Waals surface area contributed by atoms with Crippen molar-refractivity contribution in [3.8, 4) is 17.6 Å². The van der Waals surface area contributed by atoms with E-state index in [0.29, 0.717) is 0 Å². The minimum absolute atomic E-state index is 0.206. The molecular formula is C22H31N3O2. The number of aryl methyl sites for hydroxylation is 1. The van der Waals surface area contributed by atoms with Crippen LogP contribution in [0.25, 0.3) is 0 Å². The van der Waals surface area contributed by atoms with Gasteiger partial charge >= 0.3 is 0 Å². The Hall–Kier alpha value is -2.32. The van der Waals surface area contributed by atoms with Crippen molar-refractivity contribution in [2.45, 2.75) is 71.4 Å². The minimum Gasteiger partial charge on any atom is -0.491 e. The molecule has 0 bridgehead atoms. The minimum atomic E-state index is -0.687. The van der Waals surface area contributed by atoms with E-state index in [-0.39, 0.29) is 12.6 Å². The molecule has 0 aliphatic rings. The third-order valence-corrected chi connectivity index (χ3v) is 4.34. The molecule has 2 aromatic rings. The fraction of sp³-hybridized carbons (Fsp3) is 0.545. The van der Waals surface area contributed by atoms with Gasteiger partial charge in [0.1, 0.15) is 24.2 Å². The molecule has 5 nitrogen and oxygen atoms in total. The van der Waals surface area contributed by atoms with E-state index in [1.807, 2.05) is 35.0 Å². The Labute approximate surface area is 162 Å². The SMILES string of the molecule is CCCC#Cc1c(CCC)nnn1C(CCC)C(O)COc1ccccc1. The normalized spacial score (nSPS) is 12.9. The summed E-state index contributed by atoms with van der Waals surface area (Å²) in [6.07, 6.45) is 4.71. The van der Waals surface area contributed by atoms with E-state index in [2.05, 4.69) is 42.9 Å². The number of benzene rings is 1. The Balaban J connectivity index is 2.22. The van der Waals surface area contributed by atoms with E-state index >= 15 is 0 Å². The van der Waals surface area contributed by atoms with Gasteiger partial charge in [0, 0.05) is 6.42 Å². The van der Waals surface area contributed by atoms with Crippen molar-refractivity contribution >= 4 is 0 Å². The molecule has 1 aromatic heterocycles. The second kappa shape index (κ2) is 11.4. The maximum atomic E-state index is 10.8. The first-order chi connectivity index (χ1) is 13.2. The van der Waals surface area contributed by atoms with Crippen molar-refractivity contribution in [2.24, 2.45) is 0 Å². The third kappa shape index (κ3) is 6.11. The zero-order chi connectivity index (χ0) is 19.5. The molecule has 5 heteroatoms. The van der Waals surface area contributed by atoms with Crippen LogP contribution < -0.4 is 4.74 Å². The van der Waals surface area contributed by atoms with Crippen LogP contribution in [0.5, 0.6) is 5.75 Å². The summed E-state index contributed by atoms with van der Waals surface area (Å²) in [5.74, 6) is 7.21. The number of hydrogen-bond acceptors (Lipinski definition) is 4. The quantitative estimate of drug-likeness (QED) is 0.639. The van der Waals surface area contributed by atoms with Gasteiger partial charge in [-0.3, -0.25) is 0 Å². The van der Waals surface area contributed by atoms with Gasteiger partial charge < -0.3 is 9.84 Å². The van der Waals surface area contributed by atoms with Crippen molar-refractivity contribution in [1.29, 1.82) is 0 Å². The van der Waals surface area contributed by atoms with E-state index in [1.165, 1.54) is 0 Å². The van der Waals surface area contributed by atoms with Gasteiger partial charge in [0.2, 0.25) is 0 Å². The Morgan fingerprint density at radius 2 is 1.89 bits per heavy atom. The first-order valence-electron chi connectivity index (χ1n) is 10.00. The van der Waals surface area contributed by atoms with Crippen LogP contribution >= 0.6 is 0 Å². The molecule has 2 atom stereocenters. The van der Waals surface area contributed by atoms with Crippen LogP contribution in [0.2, 0.25) is 0 Å². The summed E-state index contributed by atoms with van der Waals surface area (Å²) in [4.78, 5) is 0. The lowest BCUT2D eigenvalue weighted by Crippen LogP contribution is -2.31. The predicted molar refractivity (Wildman–Crippen MR) is 108 cm³/mol. The zero-order valence-electron chi connectivity index (χ0n) is 16.7. The Morgan fingerprint density at radius 1 is 1.11 bits per heavy atom. The topological polar surface area (TPSA) is 60.2 Å². The van der Waals surface area contributed by atoms with Crippen molar-refractivity contribution in [1.82, 2.24) is 15.0 Å². The molecule has 0 aliphatic carbocycles. The van der Waals surface area contributed by atoms with Crippen molar-refractivity contribution in [3.63, 3.8) is 0 Å². The van der Waals surface area contributed by atoms with Crippen molar-refractivity contribution in [3.05, 3.63) is 41.7 Å². The first kappa shape index (κ1) is 21.0. The van der Waals surface area contributed by atoms with Crippen LogP contribution in [-0.4, -0.2) is 32.8 Å². The third-order valence-electron chi connectivity index (χ3n) is 4.34. The average molecular weight is 370 g/mol. The van der Waals surface area contributed by atoms with E-state index in [4.69, 9.17) is 4.74 Å². The van der Waals surface area contributed by atoms with E-state index in [1.54, 1.807) is 0 Å². The van der Waals surface area contributed by atoms with Crippen LogP contribution in [0, 0.1) is 11.8 Å². The van der Waals surface area contributed by atoms with Gasteiger partial charge in [0.05, 0.1) is 11.7 Å². The summed E-state index contributed by atoms with van der Waals surface area (Å²) in [6, 6.07) is 9.34. The van der Waals surface area contributed by atoms with Crippen LogP contribution in [0.1, 0.15) is 70.3 Å². The fourth-order valence-corrected chi connectivity index (χ4v) is 2.95. The number of nitrogens with zero attached hydrogens (tertiary/aromatic N) is 3. The monoisotopic (exact) mass is 369 g/mol. The van der Waals surface area contributed by atoms with Gasteiger partial charge in [-0.05, 0) is 37.3 Å². The first-order valence-corrected chi connectivity index (χ1v) is 10.00. The van der Waals surface area contributed by atoms with Crippen LogP contribution in [0.15, 0.2) is 30.3 Å². The van der Waals surface area contributed by atoms with E-state index in [9.17, 15) is 5.11 Å². The summed E-state index contributed by atoms with van der Waals surface area (Å²) in [7, 11) is 0. The zero-order valence-corrected chi connectivity index (χ0v) is 16.7. The fourth-order valence-electron chi connectivity index (χ4n) is 2.95. The Bertz CT molecular complexity index is 731. The van der Waals surface area contributed by atoms with Gasteiger partial charge in [0.25, 0.3) is 0 Å². The van der Waals surface area contributed by atoms with Gasteiger partial charge in [-0.25, -0.2) is 4.68 Å². The van der Waals surface area contributed by atoms with Crippen LogP contribution in [-0.2, 0) is 6.42 Å². The number of aliphatic hydroxyl groups is 1. The molecule has 0 fully saturated rings. The number of aliphatic hydroxyl groups excluding tert-OH is 1. The van der Waals surface area contributed by atoms with E-state index in [0.717, 1.165) is 55.7 Å². The smallest absolute Gasteiger partial charge is 0.135 e. The molecule has 0 spiro atoms. The molecule has 0 amide bonds. The summed E-state index contributed by atoms with van der Waals surface area (Å²) in [5, 5.41) is 19.5. The molecule has 0 saturated carbocycles. The molecule has 1 aromatic carbocycles. The maximum absolute atomic E-state index is 10.8. The highest BCUT2D eigenvalue weighted by Gasteiger charge is 2.26. The molecule has 0 saturated heterocycles. The average Bonchev–Trinajstić information content (AvgIpc) is 3.08. The highest BCUT2D eigenvalue weighted by molar-refractivity contribution is 5.32. The lowest BCUT2D eigenvalue weighted by molar-refractivity contribution is 0.0519. The largest absolute Gasteiger partial charge is 0.491 e. The van der Waals surface area contributed by atoms with Gasteiger partial charge in [-0.1, -0.05) is 62.9 Å². The number of hydrogen-bond donors (Lipinski definition) is 1. The maximum Gasteiger partial charge on any atom is 0.135 e. The summed E-state index contributed by atoms with van der Waals surface area (Å²) in [6.45, 7) is 6.54. The highest BCUT2D eigenvalue weighted by Crippen LogP contribution is 2.22. The molecule has 146 valence electrons. The van der Waals surface area contributed by atoms with E-state index < -0.39 is 6.10 Å². The molecule has 0 aliphatic heterocycles. The molecule has 0 radical (unpaired) electrons. The number of para-hydroxylation sites is 1. The molecular weight excluding hydrogens is 338 g/mol. The Kier molecular flexibility index (Phi) is 8.86. The van der Waals surface area contributed by atoms with Gasteiger partial charge in [-0.2, -0.15) is 0 Å². The van der Waals surface area contributed by atoms with Gasteiger partial charge in [-0.15, -0.1) is 5.10 Å². The highest BCUT2D eigenvalue weighted by atomic mass is 16.5. The predicted octanol–water partition coefficient (Wildman–Crippen LogP) is 4.16. The summed E-state index contributed by atoms with van der Waals surface area (Å²) >= 11 is 0. The van der Waals surface area contributed by atoms with Crippen molar-refractivity contribution < 1.29 is 9.84 Å². The van der Waals surface area contributed by atoms with Crippen LogP contribution in [0.3, 0.4) is 0 Å². The summed E-state index contributed by atoms with van der Waals surface area (Å²) < 4.78 is 7.58. The molecule has 1 heterocycles. The summed E-state index contributed by atoms with van der Waals surface area (Å²) in [5.41, 5.74) is 1.75.